The van der Waals surface area contributed by atoms with Crippen molar-refractivity contribution in [1.82, 2.24) is 5.32 Å². The molecule has 36 heavy (non-hydrogen) atoms. The number of dihydropyridines is 1. The number of rotatable bonds is 8. The Morgan fingerprint density at radius 3 is 2.28 bits per heavy atom. The molecule has 0 unspecified atom stereocenters. The van der Waals surface area contributed by atoms with Crippen LogP contribution in [0, 0.1) is 0 Å². The second kappa shape index (κ2) is 10.8. The summed E-state index contributed by atoms with van der Waals surface area (Å²) in [5.41, 5.74) is 3.86. The molecule has 1 N–H and O–H groups in total. The van der Waals surface area contributed by atoms with E-state index < -0.39 is 11.9 Å². The first kappa shape index (κ1) is 25.2. The summed E-state index contributed by atoms with van der Waals surface area (Å²) >= 11 is 0. The van der Waals surface area contributed by atoms with Gasteiger partial charge < -0.3 is 29.0 Å². The Labute approximate surface area is 210 Å². The second-order valence-corrected chi connectivity index (χ2v) is 8.61. The molecule has 4 rings (SSSR count). The lowest BCUT2D eigenvalue weighted by Crippen LogP contribution is -2.34. The lowest BCUT2D eigenvalue weighted by atomic mass is 9.75. The Balaban J connectivity index is 1.77. The quantitative estimate of drug-likeness (QED) is 0.540. The van der Waals surface area contributed by atoms with Crippen molar-refractivity contribution in [2.24, 2.45) is 0 Å². The van der Waals surface area contributed by atoms with Crippen molar-refractivity contribution >= 4 is 11.8 Å². The molecule has 8 heteroatoms. The monoisotopic (exact) mass is 493 g/mol. The molecule has 1 atom stereocenters. The fourth-order valence-electron chi connectivity index (χ4n) is 4.86. The highest BCUT2D eigenvalue weighted by molar-refractivity contribution is 6.04. The molecular weight excluding hydrogens is 462 g/mol. The third-order valence-electron chi connectivity index (χ3n) is 6.57. The minimum absolute atomic E-state index is 0.00135. The summed E-state index contributed by atoms with van der Waals surface area (Å²) in [5, 5.41) is 3.31. The normalized spacial score (nSPS) is 17.2. The van der Waals surface area contributed by atoms with E-state index in [2.05, 4.69) is 5.32 Å². The predicted octanol–water partition coefficient (Wildman–Crippen LogP) is 4.43. The van der Waals surface area contributed by atoms with E-state index in [9.17, 15) is 9.59 Å². The van der Waals surface area contributed by atoms with Crippen LogP contribution in [0.1, 0.15) is 43.2 Å². The molecule has 0 saturated carbocycles. The highest BCUT2D eigenvalue weighted by atomic mass is 16.5. The summed E-state index contributed by atoms with van der Waals surface area (Å²) in [6, 6.07) is 10.9. The Morgan fingerprint density at radius 1 is 0.917 bits per heavy atom. The molecule has 1 aliphatic heterocycles. The molecule has 1 aliphatic carbocycles. The SMILES string of the molecule is COc1ccc(COC(=O)C2=C(C)NC3=C(C(=O)CCC3)[C@H]2c2ccc(OC)c(OC)c2OC)cc1. The molecular formula is C28H31NO7. The van der Waals surface area contributed by atoms with Crippen molar-refractivity contribution < 1.29 is 33.3 Å². The van der Waals surface area contributed by atoms with Gasteiger partial charge in [-0.25, -0.2) is 4.79 Å². The maximum atomic E-state index is 13.6. The predicted molar refractivity (Wildman–Crippen MR) is 133 cm³/mol. The number of hydrogen-bond acceptors (Lipinski definition) is 8. The number of carbonyl (C=O) groups excluding carboxylic acids is 2. The Bertz CT molecular complexity index is 1230. The van der Waals surface area contributed by atoms with E-state index in [-0.39, 0.29) is 12.4 Å². The van der Waals surface area contributed by atoms with E-state index in [0.717, 1.165) is 29.9 Å². The van der Waals surface area contributed by atoms with Crippen molar-refractivity contribution in [2.45, 2.75) is 38.7 Å². The van der Waals surface area contributed by atoms with Gasteiger partial charge in [-0.05, 0) is 43.5 Å². The molecule has 0 spiro atoms. The van der Waals surface area contributed by atoms with Crippen molar-refractivity contribution in [2.75, 3.05) is 28.4 Å². The highest BCUT2D eigenvalue weighted by Gasteiger charge is 2.41. The fourth-order valence-corrected chi connectivity index (χ4v) is 4.86. The van der Waals surface area contributed by atoms with E-state index in [4.69, 9.17) is 23.7 Å². The molecule has 190 valence electrons. The van der Waals surface area contributed by atoms with Gasteiger partial charge in [-0.3, -0.25) is 4.79 Å². The third kappa shape index (κ3) is 4.63. The van der Waals surface area contributed by atoms with E-state index in [1.165, 1.54) is 14.2 Å². The average molecular weight is 494 g/mol. The van der Waals surface area contributed by atoms with Crippen LogP contribution in [-0.2, 0) is 20.9 Å². The molecule has 8 nitrogen and oxygen atoms in total. The molecule has 2 aromatic carbocycles. The summed E-state index contributed by atoms with van der Waals surface area (Å²) in [4.78, 5) is 26.8. The van der Waals surface area contributed by atoms with Crippen molar-refractivity contribution in [3.8, 4) is 23.0 Å². The number of Topliss-reactive ketones (excluding diaryl/α,β-unsaturated/α-hetero) is 1. The smallest absolute Gasteiger partial charge is 0.337 e. The zero-order valence-corrected chi connectivity index (χ0v) is 21.2. The van der Waals surface area contributed by atoms with Crippen LogP contribution in [0.2, 0.25) is 0 Å². The summed E-state index contributed by atoms with van der Waals surface area (Å²) in [6.45, 7) is 1.91. The van der Waals surface area contributed by atoms with Gasteiger partial charge in [0.25, 0.3) is 0 Å². The maximum absolute atomic E-state index is 13.6. The number of benzene rings is 2. The first-order valence-electron chi connectivity index (χ1n) is 11.8. The maximum Gasteiger partial charge on any atom is 0.337 e. The van der Waals surface area contributed by atoms with Crippen LogP contribution in [0.25, 0.3) is 0 Å². The van der Waals surface area contributed by atoms with Crippen molar-refractivity contribution in [3.63, 3.8) is 0 Å². The second-order valence-electron chi connectivity index (χ2n) is 8.61. The van der Waals surface area contributed by atoms with Crippen LogP contribution in [0.4, 0.5) is 0 Å². The number of esters is 1. The van der Waals surface area contributed by atoms with Crippen LogP contribution in [0.15, 0.2) is 58.9 Å². The molecule has 0 fully saturated rings. The zero-order chi connectivity index (χ0) is 25.8. The molecule has 0 radical (unpaired) electrons. The average Bonchev–Trinajstić information content (AvgIpc) is 2.90. The van der Waals surface area contributed by atoms with E-state index in [1.807, 2.05) is 37.3 Å². The topological polar surface area (TPSA) is 92.3 Å². The third-order valence-corrected chi connectivity index (χ3v) is 6.57. The molecule has 2 aliphatic rings. The first-order valence-corrected chi connectivity index (χ1v) is 11.8. The zero-order valence-electron chi connectivity index (χ0n) is 21.2. The van der Waals surface area contributed by atoms with E-state index in [1.54, 1.807) is 20.3 Å². The Kier molecular flexibility index (Phi) is 7.52. The Hall–Kier alpha value is -3.94. The largest absolute Gasteiger partial charge is 0.497 e. The molecule has 1 heterocycles. The van der Waals surface area contributed by atoms with Gasteiger partial charge in [0.15, 0.2) is 17.3 Å². The number of hydrogen-bond donors (Lipinski definition) is 1. The van der Waals surface area contributed by atoms with Crippen molar-refractivity contribution in [3.05, 3.63) is 70.1 Å². The number of allylic oxidation sites excluding steroid dienone is 3. The first-order chi connectivity index (χ1) is 17.4. The molecule has 0 aromatic heterocycles. The number of nitrogens with one attached hydrogen (secondary N) is 1. The minimum atomic E-state index is -0.674. The number of methoxy groups -OCH3 is 4. The Morgan fingerprint density at radius 2 is 1.64 bits per heavy atom. The van der Waals surface area contributed by atoms with Gasteiger partial charge in [0.05, 0.1) is 39.9 Å². The number of ether oxygens (including phenoxy) is 5. The van der Waals surface area contributed by atoms with Gasteiger partial charge >= 0.3 is 5.97 Å². The highest BCUT2D eigenvalue weighted by Crippen LogP contribution is 2.50. The van der Waals surface area contributed by atoms with Crippen LogP contribution in [-0.4, -0.2) is 40.2 Å². The lowest BCUT2D eigenvalue weighted by Gasteiger charge is -2.35. The summed E-state index contributed by atoms with van der Waals surface area (Å²) in [6.07, 6.45) is 1.89. The standard InChI is InChI=1S/C28H31NO7/c1-16-23(28(31)36-15-17-9-11-18(32-2)12-10-17)24(25-20(29-16)7-6-8-21(25)30)19-13-14-22(33-3)27(35-5)26(19)34-4/h9-14,24,29H,6-8,15H2,1-5H3/t24-/m0/s1. The summed E-state index contributed by atoms with van der Waals surface area (Å²) in [7, 11) is 6.18. The molecule has 2 aromatic rings. The minimum Gasteiger partial charge on any atom is -0.497 e. The molecule has 0 saturated heterocycles. The van der Waals surface area contributed by atoms with Gasteiger partial charge in [0.2, 0.25) is 5.75 Å². The van der Waals surface area contributed by atoms with E-state index >= 15 is 0 Å². The number of carbonyl (C=O) groups is 2. The van der Waals surface area contributed by atoms with Crippen LogP contribution in [0.3, 0.4) is 0 Å². The summed E-state index contributed by atoms with van der Waals surface area (Å²) < 4.78 is 27.7. The molecule has 0 amide bonds. The van der Waals surface area contributed by atoms with Gasteiger partial charge in [0.1, 0.15) is 12.4 Å². The van der Waals surface area contributed by atoms with Crippen molar-refractivity contribution in [1.29, 1.82) is 0 Å². The fraction of sp³-hybridized carbons (Fsp3) is 0.357. The molecule has 0 bridgehead atoms. The lowest BCUT2D eigenvalue weighted by molar-refractivity contribution is -0.140. The number of ketones is 1. The van der Waals surface area contributed by atoms with Gasteiger partial charge in [-0.15, -0.1) is 0 Å². The van der Waals surface area contributed by atoms with Crippen LogP contribution < -0.4 is 24.3 Å². The van der Waals surface area contributed by atoms with E-state index in [0.29, 0.717) is 46.1 Å². The van der Waals surface area contributed by atoms with Gasteiger partial charge in [-0.1, -0.05) is 18.2 Å². The van der Waals surface area contributed by atoms with Gasteiger partial charge in [0, 0.05) is 29.0 Å². The van der Waals surface area contributed by atoms with Crippen LogP contribution >= 0.6 is 0 Å². The van der Waals surface area contributed by atoms with Gasteiger partial charge in [-0.2, -0.15) is 0 Å². The summed E-state index contributed by atoms with van der Waals surface area (Å²) in [5.74, 6) is 0.817. The van der Waals surface area contributed by atoms with Crippen LogP contribution in [0.5, 0.6) is 23.0 Å².